The van der Waals surface area contributed by atoms with Crippen LogP contribution >= 0.6 is 0 Å². The van der Waals surface area contributed by atoms with Crippen molar-refractivity contribution in [3.8, 4) is 0 Å². The second kappa shape index (κ2) is 11.0. The van der Waals surface area contributed by atoms with E-state index in [1.54, 1.807) is 30.5 Å². The Bertz CT molecular complexity index is 1160. The number of benzene rings is 1. The Morgan fingerprint density at radius 1 is 1.13 bits per heavy atom. The Kier molecular flexibility index (Phi) is 7.51. The number of amides is 1. The van der Waals surface area contributed by atoms with Crippen molar-refractivity contribution in [1.29, 1.82) is 0 Å². The molecular formula is C31H41N3O5. The molecule has 1 aromatic carbocycles. The number of aromatic nitrogens is 2. The van der Waals surface area contributed by atoms with Crippen molar-refractivity contribution >= 4 is 11.9 Å². The number of H-pyrrole nitrogens is 1. The number of aliphatic hydroxyl groups excluding tert-OH is 1. The molecule has 3 N–H and O–H groups in total. The number of rotatable bonds is 9. The topological polar surface area (TPSA) is 114 Å². The van der Waals surface area contributed by atoms with Crippen LogP contribution in [0.25, 0.3) is 0 Å². The quantitative estimate of drug-likeness (QED) is 0.393. The number of ether oxygens (including phenoxy) is 2. The number of carbonyl (C=O) groups excluding carboxylic acids is 2. The Hall–Kier alpha value is -2.71. The van der Waals surface area contributed by atoms with Crippen LogP contribution < -0.4 is 5.32 Å². The van der Waals surface area contributed by atoms with Gasteiger partial charge in [-0.25, -0.2) is 9.78 Å². The molecule has 2 aromatic rings. The van der Waals surface area contributed by atoms with E-state index >= 15 is 0 Å². The van der Waals surface area contributed by atoms with Gasteiger partial charge in [0.15, 0.2) is 0 Å². The first-order valence-corrected chi connectivity index (χ1v) is 14.7. The molecule has 1 amide bonds. The van der Waals surface area contributed by atoms with Gasteiger partial charge >= 0.3 is 5.97 Å². The highest BCUT2D eigenvalue weighted by Crippen LogP contribution is 2.57. The van der Waals surface area contributed by atoms with Crippen molar-refractivity contribution in [2.45, 2.75) is 81.8 Å². The molecule has 1 aromatic heterocycles. The Morgan fingerprint density at radius 3 is 2.59 bits per heavy atom. The maximum absolute atomic E-state index is 12.8. The molecule has 0 spiro atoms. The van der Waals surface area contributed by atoms with Gasteiger partial charge < -0.3 is 24.9 Å². The van der Waals surface area contributed by atoms with E-state index in [-0.39, 0.29) is 18.1 Å². The first-order chi connectivity index (χ1) is 18.9. The smallest absolute Gasteiger partial charge is 0.337 e. The van der Waals surface area contributed by atoms with Gasteiger partial charge in [-0.2, -0.15) is 0 Å². The van der Waals surface area contributed by atoms with E-state index in [4.69, 9.17) is 9.47 Å². The summed E-state index contributed by atoms with van der Waals surface area (Å²) in [6, 6.07) is 6.58. The molecular weight excluding hydrogens is 494 g/mol. The maximum Gasteiger partial charge on any atom is 0.337 e. The molecule has 5 aliphatic rings. The van der Waals surface area contributed by atoms with Crippen LogP contribution in [0.1, 0.15) is 108 Å². The second-order valence-electron chi connectivity index (χ2n) is 12.7. The van der Waals surface area contributed by atoms with E-state index in [9.17, 15) is 14.7 Å². The van der Waals surface area contributed by atoms with Crippen molar-refractivity contribution in [2.24, 2.45) is 23.7 Å². The number of hydrogen-bond donors (Lipinski definition) is 3. The number of methoxy groups -OCH3 is 1. The Balaban J connectivity index is 1.00. The third-order valence-electron chi connectivity index (χ3n) is 9.76. The molecule has 0 radical (unpaired) electrons. The van der Waals surface area contributed by atoms with Crippen molar-refractivity contribution in [1.82, 2.24) is 15.3 Å². The highest BCUT2D eigenvalue weighted by atomic mass is 16.5. The lowest BCUT2D eigenvalue weighted by Gasteiger charge is -2.56. The summed E-state index contributed by atoms with van der Waals surface area (Å²) in [5, 5.41) is 13.3. The molecule has 0 saturated heterocycles. The minimum Gasteiger partial charge on any atom is -0.465 e. The van der Waals surface area contributed by atoms with Gasteiger partial charge in [0.25, 0.3) is 5.91 Å². The van der Waals surface area contributed by atoms with Gasteiger partial charge in [0.05, 0.1) is 31.0 Å². The van der Waals surface area contributed by atoms with E-state index in [0.717, 1.165) is 49.4 Å². The minimum absolute atomic E-state index is 0.0127. The van der Waals surface area contributed by atoms with Crippen molar-refractivity contribution in [2.75, 3.05) is 20.3 Å². The highest BCUT2D eigenvalue weighted by molar-refractivity contribution is 5.92. The number of aliphatic hydroxyl groups is 1. The van der Waals surface area contributed by atoms with Gasteiger partial charge in [-0.3, -0.25) is 4.79 Å². The summed E-state index contributed by atoms with van der Waals surface area (Å²) in [5.74, 6) is 3.59. The van der Waals surface area contributed by atoms with Crippen LogP contribution in [0.3, 0.4) is 0 Å². The van der Waals surface area contributed by atoms with Crippen molar-refractivity contribution in [3.05, 3.63) is 53.1 Å². The van der Waals surface area contributed by atoms with E-state index in [0.29, 0.717) is 28.7 Å². The fraction of sp³-hybridized carbons (Fsp3) is 0.645. The van der Waals surface area contributed by atoms with Gasteiger partial charge in [-0.05, 0) is 99.2 Å². The molecule has 8 heteroatoms. The molecule has 7 rings (SSSR count). The van der Waals surface area contributed by atoms with Gasteiger partial charge in [0.2, 0.25) is 0 Å². The van der Waals surface area contributed by atoms with Crippen molar-refractivity contribution < 1.29 is 24.2 Å². The monoisotopic (exact) mass is 535 g/mol. The average molecular weight is 536 g/mol. The number of esters is 1. The molecule has 3 atom stereocenters. The summed E-state index contributed by atoms with van der Waals surface area (Å²) >= 11 is 0. The Morgan fingerprint density at radius 2 is 1.87 bits per heavy atom. The van der Waals surface area contributed by atoms with Crippen LogP contribution in [-0.2, 0) is 9.47 Å². The molecule has 1 heterocycles. The number of nitrogens with zero attached hydrogens (tertiary/aromatic N) is 1. The predicted octanol–water partition coefficient (Wildman–Crippen LogP) is 4.92. The maximum atomic E-state index is 12.8. The first-order valence-electron chi connectivity index (χ1n) is 14.7. The standard InChI is InChI=1S/C31H41N3O5/c1-38-30(37)25-7-3-5-23(12-25)27(35)17-33-29(36)26-16-32-28(34-26)24-6-2-4-19(11-24)18-39-31-13-20-8-21(14-31)10-22(9-20)15-31/h3,5,7,12,16,19-22,24,27,35H,2,4,6,8-11,13-15,17-18H2,1H3,(H,32,34)(H,33,36). The summed E-state index contributed by atoms with van der Waals surface area (Å²) in [6.07, 6.45) is 13.3. The average Bonchev–Trinajstić information content (AvgIpc) is 3.44. The zero-order valence-corrected chi connectivity index (χ0v) is 22.9. The lowest BCUT2D eigenvalue weighted by Crippen LogP contribution is -2.52. The summed E-state index contributed by atoms with van der Waals surface area (Å²) in [6.45, 7) is 0.866. The summed E-state index contributed by atoms with van der Waals surface area (Å²) in [5.41, 5.74) is 1.37. The molecule has 5 saturated carbocycles. The Labute approximate surface area is 230 Å². The number of carbonyl (C=O) groups is 2. The second-order valence-corrected chi connectivity index (χ2v) is 12.7. The minimum atomic E-state index is -0.954. The third kappa shape index (κ3) is 5.78. The van der Waals surface area contributed by atoms with Crippen LogP contribution in [0.5, 0.6) is 0 Å². The zero-order valence-electron chi connectivity index (χ0n) is 22.9. The molecule has 5 fully saturated rings. The summed E-state index contributed by atoms with van der Waals surface area (Å²) < 4.78 is 11.5. The summed E-state index contributed by atoms with van der Waals surface area (Å²) in [7, 11) is 1.31. The lowest BCUT2D eigenvalue weighted by atomic mass is 9.54. The van der Waals surface area contributed by atoms with Gasteiger partial charge in [-0.1, -0.05) is 18.6 Å². The largest absolute Gasteiger partial charge is 0.465 e. The van der Waals surface area contributed by atoms with E-state index in [1.807, 2.05) is 0 Å². The van der Waals surface area contributed by atoms with Gasteiger partial charge in [0.1, 0.15) is 11.5 Å². The fourth-order valence-electron chi connectivity index (χ4n) is 8.24. The SMILES string of the molecule is COC(=O)c1cccc(C(O)CNC(=O)c2c[nH]c(C3CCCC(COC45CC6CC(CC(C6)C4)C5)C3)n2)c1. The predicted molar refractivity (Wildman–Crippen MR) is 145 cm³/mol. The molecule has 5 aliphatic carbocycles. The number of imidazole rings is 1. The molecule has 4 bridgehead atoms. The van der Waals surface area contributed by atoms with Gasteiger partial charge in [0, 0.05) is 18.7 Å². The molecule has 210 valence electrons. The number of hydrogen-bond acceptors (Lipinski definition) is 6. The molecule has 3 unspecified atom stereocenters. The van der Waals surface area contributed by atoms with E-state index < -0.39 is 12.1 Å². The van der Waals surface area contributed by atoms with E-state index in [2.05, 4.69) is 15.3 Å². The fourth-order valence-corrected chi connectivity index (χ4v) is 8.24. The normalized spacial score (nSPS) is 32.1. The number of aromatic amines is 1. The molecule has 39 heavy (non-hydrogen) atoms. The van der Waals surface area contributed by atoms with Crippen LogP contribution in [0.4, 0.5) is 0 Å². The summed E-state index contributed by atoms with van der Waals surface area (Å²) in [4.78, 5) is 32.4. The first kappa shape index (κ1) is 26.5. The lowest BCUT2D eigenvalue weighted by molar-refractivity contribution is -0.170. The van der Waals surface area contributed by atoms with Crippen molar-refractivity contribution in [3.63, 3.8) is 0 Å². The van der Waals surface area contributed by atoms with Crippen LogP contribution in [0, 0.1) is 23.7 Å². The van der Waals surface area contributed by atoms with Crippen LogP contribution in [-0.4, -0.2) is 52.8 Å². The van der Waals surface area contributed by atoms with Crippen LogP contribution in [0.2, 0.25) is 0 Å². The zero-order chi connectivity index (χ0) is 27.0. The number of nitrogens with one attached hydrogen (secondary N) is 2. The molecule has 0 aliphatic heterocycles. The molecule has 8 nitrogen and oxygen atoms in total. The highest BCUT2D eigenvalue weighted by Gasteiger charge is 2.51. The van der Waals surface area contributed by atoms with E-state index in [1.165, 1.54) is 52.1 Å². The third-order valence-corrected chi connectivity index (χ3v) is 9.76. The van der Waals surface area contributed by atoms with Crippen LogP contribution in [0.15, 0.2) is 30.5 Å². The van der Waals surface area contributed by atoms with Gasteiger partial charge in [-0.15, -0.1) is 0 Å².